The number of carbonyl (C=O) groups is 1. The number of amides is 1. The van der Waals surface area contributed by atoms with Gasteiger partial charge in [-0.15, -0.1) is 0 Å². The third-order valence-electron chi connectivity index (χ3n) is 10.1. The Bertz CT molecular complexity index is 1280. The molecule has 2 aromatic carbocycles. The minimum absolute atomic E-state index is 0.0659. The molecular formula is C37H53N3O2. The highest BCUT2D eigenvalue weighted by Gasteiger charge is 2.35. The molecule has 0 spiro atoms. The topological polar surface area (TPSA) is 67.9 Å². The van der Waals surface area contributed by atoms with Gasteiger partial charge in [-0.3, -0.25) is 9.69 Å². The molecule has 42 heavy (non-hydrogen) atoms. The summed E-state index contributed by atoms with van der Waals surface area (Å²) >= 11 is 0. The fourth-order valence-corrected chi connectivity index (χ4v) is 6.83. The van der Waals surface area contributed by atoms with Gasteiger partial charge >= 0.3 is 0 Å². The molecule has 2 unspecified atom stereocenters. The van der Waals surface area contributed by atoms with Crippen molar-refractivity contribution in [2.45, 2.75) is 122 Å². The van der Waals surface area contributed by atoms with Gasteiger partial charge in [0.1, 0.15) is 0 Å². The lowest BCUT2D eigenvalue weighted by Crippen LogP contribution is -2.49. The number of nitrogens with two attached hydrogens (primary N) is 1. The number of allylic oxidation sites excluding steroid dienone is 2. The molecule has 1 amide bonds. The Kier molecular flexibility index (Phi) is 11.1. The molecule has 1 heterocycles. The van der Waals surface area contributed by atoms with Crippen LogP contribution in [0.3, 0.4) is 0 Å². The van der Waals surface area contributed by atoms with E-state index >= 15 is 0 Å². The summed E-state index contributed by atoms with van der Waals surface area (Å²) in [4.78, 5) is 17.3. The molecule has 2 N–H and O–H groups in total. The van der Waals surface area contributed by atoms with Crippen molar-refractivity contribution in [3.8, 4) is 0 Å². The van der Waals surface area contributed by atoms with Gasteiger partial charge in [-0.05, 0) is 110 Å². The molecule has 0 radical (unpaired) electrons. The zero-order valence-corrected chi connectivity index (χ0v) is 27.0. The van der Waals surface area contributed by atoms with Crippen molar-refractivity contribution in [2.75, 3.05) is 14.2 Å². The van der Waals surface area contributed by atoms with Crippen LogP contribution in [-0.2, 0) is 22.4 Å². The van der Waals surface area contributed by atoms with E-state index in [-0.39, 0.29) is 11.4 Å². The number of rotatable bonds is 6. The maximum Gasteiger partial charge on any atom is 0.231 e. The van der Waals surface area contributed by atoms with Gasteiger partial charge in [0.25, 0.3) is 0 Å². The molecule has 4 aliphatic rings. The minimum Gasteiger partial charge on any atom is -0.377 e. The first-order valence-corrected chi connectivity index (χ1v) is 16.3. The highest BCUT2D eigenvalue weighted by Crippen LogP contribution is 2.38. The molecule has 228 valence electrons. The second kappa shape index (κ2) is 14.5. The number of fused-ring (bicyclic) bond motifs is 2. The van der Waals surface area contributed by atoms with Crippen molar-refractivity contribution < 1.29 is 9.53 Å². The Balaban J connectivity index is 0.000000148. The monoisotopic (exact) mass is 571 g/mol. The second-order valence-electron chi connectivity index (χ2n) is 12.5. The Morgan fingerprint density at radius 2 is 1.71 bits per heavy atom. The van der Waals surface area contributed by atoms with Crippen LogP contribution in [0.25, 0.3) is 5.57 Å². The van der Waals surface area contributed by atoms with E-state index in [9.17, 15) is 4.79 Å². The van der Waals surface area contributed by atoms with Crippen molar-refractivity contribution >= 4 is 17.4 Å². The van der Waals surface area contributed by atoms with Crippen molar-refractivity contribution in [1.82, 2.24) is 4.90 Å². The number of hydrogen-bond donors (Lipinski definition) is 1. The van der Waals surface area contributed by atoms with E-state index in [0.717, 1.165) is 25.2 Å². The van der Waals surface area contributed by atoms with Crippen LogP contribution in [0.4, 0.5) is 0 Å². The van der Waals surface area contributed by atoms with Crippen molar-refractivity contribution in [3.63, 3.8) is 0 Å². The maximum atomic E-state index is 11.5. The molecule has 2 aromatic rings. The van der Waals surface area contributed by atoms with Crippen LogP contribution in [0.5, 0.6) is 0 Å². The molecule has 5 heteroatoms. The molecule has 5 nitrogen and oxygen atoms in total. The lowest BCUT2D eigenvalue weighted by Gasteiger charge is -2.34. The van der Waals surface area contributed by atoms with E-state index in [2.05, 4.69) is 61.3 Å². The largest absolute Gasteiger partial charge is 0.377 e. The number of aliphatic imine (C=N–C) groups is 1. The predicted octanol–water partition coefficient (Wildman–Crippen LogP) is 8.52. The fraction of sp³-hybridized carbons (Fsp3) is 0.568. The minimum atomic E-state index is -0.242. The number of carbonyl (C=O) groups excluding carboxylic acids is 1. The number of hydrogen-bond acceptors (Lipinski definition) is 4. The first-order valence-electron chi connectivity index (χ1n) is 16.3. The van der Waals surface area contributed by atoms with Crippen LogP contribution >= 0.6 is 0 Å². The van der Waals surface area contributed by atoms with E-state index in [1.807, 2.05) is 21.0 Å². The zero-order valence-electron chi connectivity index (χ0n) is 27.0. The summed E-state index contributed by atoms with van der Waals surface area (Å²) in [5, 5.41) is 0. The summed E-state index contributed by atoms with van der Waals surface area (Å²) in [5.74, 6) is 1.28. The smallest absolute Gasteiger partial charge is 0.231 e. The van der Waals surface area contributed by atoms with Gasteiger partial charge in [0.15, 0.2) is 5.96 Å². The summed E-state index contributed by atoms with van der Waals surface area (Å²) in [5.41, 5.74) is 16.1. The van der Waals surface area contributed by atoms with E-state index in [4.69, 9.17) is 10.5 Å². The number of methoxy groups -OCH3 is 1. The summed E-state index contributed by atoms with van der Waals surface area (Å²) < 4.78 is 5.51. The fourth-order valence-electron chi connectivity index (χ4n) is 6.83. The van der Waals surface area contributed by atoms with Gasteiger partial charge in [-0.25, -0.2) is 4.99 Å². The Morgan fingerprint density at radius 1 is 1.00 bits per heavy atom. The Hall–Kier alpha value is -2.92. The summed E-state index contributed by atoms with van der Waals surface area (Å²) in [6.45, 7) is 8.64. The first-order chi connectivity index (χ1) is 20.3. The third-order valence-corrected chi connectivity index (χ3v) is 10.1. The SMILES string of the molecule is CCC1(CC)CC(=O)N(C)C(N)=N1.CCCC1CCc2ccccc21.COC1CCc2cc(C(C)=C3CCC3)ccc21. The highest BCUT2D eigenvalue weighted by molar-refractivity contribution is 5.98. The van der Waals surface area contributed by atoms with Gasteiger partial charge in [0.05, 0.1) is 18.1 Å². The molecule has 1 saturated carbocycles. The molecule has 6 rings (SSSR count). The van der Waals surface area contributed by atoms with E-state index < -0.39 is 0 Å². The van der Waals surface area contributed by atoms with Crippen LogP contribution in [0.15, 0.2) is 53.0 Å². The lowest BCUT2D eigenvalue weighted by molar-refractivity contribution is -0.128. The van der Waals surface area contributed by atoms with Gasteiger partial charge in [0, 0.05) is 14.2 Å². The third kappa shape index (κ3) is 7.16. The second-order valence-corrected chi connectivity index (χ2v) is 12.5. The van der Waals surface area contributed by atoms with Gasteiger partial charge in [0.2, 0.25) is 5.91 Å². The normalized spacial score (nSPS) is 21.7. The van der Waals surface area contributed by atoms with Gasteiger partial charge < -0.3 is 10.5 Å². The standard InChI is InChI=1S/C16H20O.C12H16.C9H17N3O/c1-11(12-4-3-5-12)13-6-8-15-14(10-13)7-9-16(15)17-2;1-2-5-10-8-9-11-6-3-4-7-12(10)11;1-4-9(5-2)6-7(13)12(3)8(10)11-9/h6,8,10,16H,3-5,7,9H2,1-2H3;3-4,6-7,10H,2,5,8-9H2,1H3;4-6H2,1-3H3,(H2,10,11). The highest BCUT2D eigenvalue weighted by atomic mass is 16.5. The van der Waals surface area contributed by atoms with Gasteiger partial charge in [-0.1, -0.05) is 75.2 Å². The molecular weight excluding hydrogens is 518 g/mol. The van der Waals surface area contributed by atoms with E-state index in [0.29, 0.717) is 18.5 Å². The number of guanidine groups is 1. The van der Waals surface area contributed by atoms with E-state index in [1.165, 1.54) is 78.5 Å². The summed E-state index contributed by atoms with van der Waals surface area (Å²) in [7, 11) is 3.48. The van der Waals surface area contributed by atoms with Crippen LogP contribution in [0.2, 0.25) is 0 Å². The summed E-state index contributed by atoms with van der Waals surface area (Å²) in [6, 6.07) is 15.9. The average molecular weight is 572 g/mol. The van der Waals surface area contributed by atoms with Crippen LogP contribution < -0.4 is 5.73 Å². The number of nitrogens with zero attached hydrogens (tertiary/aromatic N) is 2. The average Bonchev–Trinajstić information content (AvgIpc) is 3.59. The lowest BCUT2D eigenvalue weighted by atomic mass is 9.85. The Labute approximate surface area is 254 Å². The molecule has 2 atom stereocenters. The number of aryl methyl sites for hydroxylation is 2. The van der Waals surface area contributed by atoms with Crippen molar-refractivity contribution in [2.24, 2.45) is 10.7 Å². The van der Waals surface area contributed by atoms with Crippen LogP contribution in [0, 0.1) is 0 Å². The van der Waals surface area contributed by atoms with Crippen LogP contribution in [0.1, 0.15) is 132 Å². The molecule has 0 aromatic heterocycles. The Morgan fingerprint density at radius 3 is 2.33 bits per heavy atom. The van der Waals surface area contributed by atoms with E-state index in [1.54, 1.807) is 23.7 Å². The molecule has 1 aliphatic heterocycles. The van der Waals surface area contributed by atoms with Crippen LogP contribution in [-0.4, -0.2) is 36.5 Å². The molecule has 0 saturated heterocycles. The van der Waals surface area contributed by atoms with Crippen molar-refractivity contribution in [1.29, 1.82) is 0 Å². The first kappa shape index (κ1) is 32.0. The predicted molar refractivity (Wildman–Crippen MR) is 176 cm³/mol. The number of benzene rings is 2. The molecule has 1 fully saturated rings. The number of ether oxygens (including phenoxy) is 1. The molecule has 3 aliphatic carbocycles. The maximum absolute atomic E-state index is 11.5. The zero-order chi connectivity index (χ0) is 30.3. The van der Waals surface area contributed by atoms with Gasteiger partial charge in [-0.2, -0.15) is 0 Å². The summed E-state index contributed by atoms with van der Waals surface area (Å²) in [6.07, 6.45) is 14.2. The molecule has 0 bridgehead atoms. The quantitative estimate of drug-likeness (QED) is 0.378. The van der Waals surface area contributed by atoms with Crippen molar-refractivity contribution in [3.05, 3.63) is 75.9 Å².